The number of nitrogens with zero attached hydrogens (tertiary/aromatic N) is 4. The summed E-state index contributed by atoms with van der Waals surface area (Å²) in [4.78, 5) is 21.1. The third kappa shape index (κ3) is 6.73. The van der Waals surface area contributed by atoms with Gasteiger partial charge in [0.05, 0.1) is 19.0 Å². The van der Waals surface area contributed by atoms with Crippen LogP contribution in [0.3, 0.4) is 0 Å². The van der Waals surface area contributed by atoms with Crippen LogP contribution in [0, 0.1) is 23.5 Å². The highest BCUT2D eigenvalue weighted by molar-refractivity contribution is 7.88. The van der Waals surface area contributed by atoms with Gasteiger partial charge in [0.25, 0.3) is 0 Å². The number of amides is 1. The number of carbonyl (C=O) groups excluding carboxylic acids is 1. The average molecular weight is 637 g/mol. The second-order valence-electron chi connectivity index (χ2n) is 14.3. The number of sulfonamides is 1. The predicted molar refractivity (Wildman–Crippen MR) is 166 cm³/mol. The molecule has 3 unspecified atom stereocenters. The van der Waals surface area contributed by atoms with E-state index in [4.69, 9.17) is 4.74 Å². The first kappa shape index (κ1) is 32.3. The summed E-state index contributed by atoms with van der Waals surface area (Å²) >= 11 is 0. The normalized spacial score (nSPS) is 31.4. The molecule has 246 valence electrons. The van der Waals surface area contributed by atoms with Crippen LogP contribution in [0.15, 0.2) is 18.2 Å². The van der Waals surface area contributed by atoms with Gasteiger partial charge in [-0.1, -0.05) is 25.3 Å². The minimum atomic E-state index is -3.35. The van der Waals surface area contributed by atoms with E-state index in [1.807, 2.05) is 18.7 Å². The fourth-order valence-electron chi connectivity index (χ4n) is 9.08. The number of hydrogen-bond acceptors (Lipinski definition) is 6. The molecular formula is C33H50F2N4O4S. The molecule has 0 aromatic heterocycles. The number of rotatable bonds is 9. The van der Waals surface area contributed by atoms with Crippen LogP contribution < -0.4 is 0 Å². The average Bonchev–Trinajstić information content (AvgIpc) is 3.74. The third-order valence-electron chi connectivity index (χ3n) is 11.3. The van der Waals surface area contributed by atoms with Crippen molar-refractivity contribution < 1.29 is 26.7 Å². The van der Waals surface area contributed by atoms with Crippen molar-refractivity contribution in [2.75, 3.05) is 52.1 Å². The minimum Gasteiger partial charge on any atom is -0.375 e. The van der Waals surface area contributed by atoms with E-state index in [0.29, 0.717) is 69.7 Å². The van der Waals surface area contributed by atoms with Gasteiger partial charge in [-0.05, 0) is 69.4 Å². The van der Waals surface area contributed by atoms with Gasteiger partial charge >= 0.3 is 0 Å². The third-order valence-corrected chi connectivity index (χ3v) is 12.7. The number of benzene rings is 1. The molecule has 1 amide bonds. The molecule has 2 aliphatic carbocycles. The van der Waals surface area contributed by atoms with Crippen molar-refractivity contribution in [3.8, 4) is 0 Å². The van der Waals surface area contributed by atoms with Crippen LogP contribution in [0.5, 0.6) is 0 Å². The molecule has 44 heavy (non-hydrogen) atoms. The number of carbonyl (C=O) groups is 1. The molecule has 0 N–H and O–H groups in total. The van der Waals surface area contributed by atoms with E-state index in [-0.39, 0.29) is 42.0 Å². The summed E-state index contributed by atoms with van der Waals surface area (Å²) in [5.41, 5.74) is 0.443. The molecule has 2 bridgehead atoms. The zero-order valence-corrected chi connectivity index (χ0v) is 27.4. The summed E-state index contributed by atoms with van der Waals surface area (Å²) in [5.74, 6) is -1.32. The van der Waals surface area contributed by atoms with Gasteiger partial charge in [0.2, 0.25) is 15.9 Å². The summed E-state index contributed by atoms with van der Waals surface area (Å²) < 4.78 is 61.9. The van der Waals surface area contributed by atoms with Crippen molar-refractivity contribution in [3.05, 3.63) is 35.4 Å². The number of fused-ring (bicyclic) bond motifs is 2. The van der Waals surface area contributed by atoms with E-state index in [1.165, 1.54) is 37.7 Å². The van der Waals surface area contributed by atoms with Crippen molar-refractivity contribution >= 4 is 15.9 Å². The number of piperazine rings is 1. The summed E-state index contributed by atoms with van der Waals surface area (Å²) in [6.45, 7) is 8.46. The maximum absolute atomic E-state index is 15.1. The Hall–Kier alpha value is -1.66. The maximum Gasteiger partial charge on any atom is 0.226 e. The molecule has 8 nitrogen and oxygen atoms in total. The zero-order chi connectivity index (χ0) is 31.2. The standard InChI is InChI=1S/C33H50F2N4O4S/c1-22(2)39(44(3,41)42)20-32(23-7-5-4-6-8-23)36-11-13-37(14-12-36)33(40)30-18-25(38-19-27-16-26(38)21-43-27)17-29(30)28-10-9-24(34)15-31(28)35/h9-10,15,22-23,25-27,29-30,32H,4-8,11-14,16-21H2,1-3H3/t25?,26-,27+,29+,30?,32?/m1/s1. The Balaban J connectivity index is 1.17. The highest BCUT2D eigenvalue weighted by atomic mass is 32.2. The lowest BCUT2D eigenvalue weighted by Gasteiger charge is -2.45. The van der Waals surface area contributed by atoms with Crippen LogP contribution in [0.4, 0.5) is 8.78 Å². The molecule has 1 aromatic carbocycles. The molecule has 0 radical (unpaired) electrons. The van der Waals surface area contributed by atoms with E-state index in [1.54, 1.807) is 4.31 Å². The Morgan fingerprint density at radius 1 is 1.02 bits per heavy atom. The topological polar surface area (TPSA) is 73.4 Å². The Morgan fingerprint density at radius 3 is 2.34 bits per heavy atom. The van der Waals surface area contributed by atoms with Gasteiger partial charge in [-0.15, -0.1) is 0 Å². The van der Waals surface area contributed by atoms with Crippen LogP contribution in [0.25, 0.3) is 0 Å². The van der Waals surface area contributed by atoms with Crippen LogP contribution in [-0.2, 0) is 19.6 Å². The lowest BCUT2D eigenvalue weighted by atomic mass is 9.82. The predicted octanol–water partition coefficient (Wildman–Crippen LogP) is 4.06. The van der Waals surface area contributed by atoms with Gasteiger partial charge < -0.3 is 9.64 Å². The Bertz CT molecular complexity index is 1280. The zero-order valence-electron chi connectivity index (χ0n) is 26.5. The quantitative estimate of drug-likeness (QED) is 0.407. The van der Waals surface area contributed by atoms with Gasteiger partial charge in [-0.2, -0.15) is 4.31 Å². The molecule has 1 aromatic rings. The molecule has 5 aliphatic rings. The minimum absolute atomic E-state index is 0.0654. The largest absolute Gasteiger partial charge is 0.375 e. The van der Waals surface area contributed by atoms with Gasteiger partial charge in [0, 0.05) is 75.4 Å². The molecule has 3 aliphatic heterocycles. The van der Waals surface area contributed by atoms with E-state index < -0.39 is 21.7 Å². The fraction of sp³-hybridized carbons (Fsp3) is 0.788. The van der Waals surface area contributed by atoms with Crippen molar-refractivity contribution in [1.82, 2.24) is 19.0 Å². The second kappa shape index (κ2) is 13.2. The molecule has 0 spiro atoms. The monoisotopic (exact) mass is 636 g/mol. The van der Waals surface area contributed by atoms with E-state index >= 15 is 4.39 Å². The van der Waals surface area contributed by atoms with Crippen LogP contribution in [0.2, 0.25) is 0 Å². The van der Waals surface area contributed by atoms with Gasteiger partial charge in [0.1, 0.15) is 11.6 Å². The number of ether oxygens (including phenoxy) is 1. The maximum atomic E-state index is 15.1. The summed E-state index contributed by atoms with van der Waals surface area (Å²) in [6.07, 6.45) is 9.72. The molecular weight excluding hydrogens is 586 g/mol. The number of morpholine rings is 1. The molecule has 11 heteroatoms. The summed E-state index contributed by atoms with van der Waals surface area (Å²) in [6, 6.07) is 4.32. The number of likely N-dealkylation sites (tertiary alicyclic amines) is 1. The summed E-state index contributed by atoms with van der Waals surface area (Å²) in [5, 5.41) is 0. The molecule has 6 atom stereocenters. The van der Waals surface area contributed by atoms with Crippen LogP contribution in [0.1, 0.15) is 76.7 Å². The Labute approximate surface area is 262 Å². The van der Waals surface area contributed by atoms with Gasteiger partial charge in [-0.25, -0.2) is 17.2 Å². The highest BCUT2D eigenvalue weighted by Crippen LogP contribution is 2.46. The number of hydrogen-bond donors (Lipinski definition) is 0. The summed E-state index contributed by atoms with van der Waals surface area (Å²) in [7, 11) is -3.35. The first-order valence-electron chi connectivity index (χ1n) is 16.8. The van der Waals surface area contributed by atoms with Gasteiger partial charge in [-0.3, -0.25) is 14.6 Å². The van der Waals surface area contributed by atoms with Crippen molar-refractivity contribution in [3.63, 3.8) is 0 Å². The van der Waals surface area contributed by atoms with Crippen LogP contribution >= 0.6 is 0 Å². The number of halogens is 2. The smallest absolute Gasteiger partial charge is 0.226 e. The lowest BCUT2D eigenvalue weighted by Crippen LogP contribution is -2.58. The Morgan fingerprint density at radius 2 is 1.75 bits per heavy atom. The molecule has 3 heterocycles. The highest BCUT2D eigenvalue weighted by Gasteiger charge is 2.49. The molecule has 5 fully saturated rings. The fourth-order valence-corrected chi connectivity index (χ4v) is 10.3. The van der Waals surface area contributed by atoms with E-state index in [2.05, 4.69) is 9.80 Å². The van der Waals surface area contributed by atoms with Crippen molar-refractivity contribution in [1.29, 1.82) is 0 Å². The second-order valence-corrected chi connectivity index (χ2v) is 16.2. The SMILES string of the molecule is CC(C)N(CC(C1CCCCC1)N1CCN(C(=O)C2CC(N3C[C@@H]4C[C@@H]3CO4)C[C@H]2c2ccc(F)cc2F)CC1)S(C)(=O)=O. The molecule has 2 saturated carbocycles. The lowest BCUT2D eigenvalue weighted by molar-refractivity contribution is -0.138. The first-order valence-corrected chi connectivity index (χ1v) is 18.7. The van der Waals surface area contributed by atoms with Crippen molar-refractivity contribution in [2.45, 2.75) is 101 Å². The van der Waals surface area contributed by atoms with Crippen LogP contribution in [-0.4, -0.2) is 116 Å². The molecule has 3 saturated heterocycles. The molecule has 6 rings (SSSR count). The van der Waals surface area contributed by atoms with Gasteiger partial charge in [0.15, 0.2) is 0 Å². The van der Waals surface area contributed by atoms with E-state index in [0.717, 1.165) is 31.9 Å². The van der Waals surface area contributed by atoms with Crippen molar-refractivity contribution in [2.24, 2.45) is 11.8 Å². The Kier molecular flexibility index (Phi) is 9.70. The first-order chi connectivity index (χ1) is 21.0. The van der Waals surface area contributed by atoms with E-state index in [9.17, 15) is 17.6 Å².